The molecule has 0 radical (unpaired) electrons. The molecule has 0 spiro atoms. The van der Waals surface area contributed by atoms with Gasteiger partial charge in [-0.15, -0.1) is 0 Å². The van der Waals surface area contributed by atoms with E-state index in [9.17, 15) is 0 Å². The molecule has 1 heterocycles. The number of nitrogens with zero attached hydrogens (tertiary/aromatic N) is 1. The number of methoxy groups -OCH3 is 1. The second-order valence-corrected chi connectivity index (χ2v) is 6.14. The minimum absolute atomic E-state index is 0.823. The lowest BCUT2D eigenvalue weighted by molar-refractivity contribution is 0.325. The number of nitrogens with one attached hydrogen (secondary N) is 1. The van der Waals surface area contributed by atoms with Gasteiger partial charge < -0.3 is 14.3 Å². The summed E-state index contributed by atoms with van der Waals surface area (Å²) in [4.78, 5) is 3.29. The third kappa shape index (κ3) is 2.75. The largest absolute Gasteiger partial charge is 0.497 e. The minimum atomic E-state index is 0.823. The molecule has 108 valence electrons. The molecule has 0 atom stereocenters. The molecule has 1 aromatic carbocycles. The fourth-order valence-electron chi connectivity index (χ4n) is 3.28. The molecule has 4 heteroatoms. The van der Waals surface area contributed by atoms with Gasteiger partial charge in [-0.1, -0.05) is 32.1 Å². The van der Waals surface area contributed by atoms with Gasteiger partial charge in [0.2, 0.25) is 0 Å². The van der Waals surface area contributed by atoms with Gasteiger partial charge in [0.1, 0.15) is 5.75 Å². The standard InChI is InChI=1S/C16H22N2OS/c1-19-13-7-8-15-14(11-13)17-16(20)18(15)10-9-12-5-3-2-4-6-12/h7-8,11-12H,2-6,9-10H2,1H3,(H,17,20). The number of aromatic nitrogens is 2. The Bertz CT molecular complexity index is 637. The summed E-state index contributed by atoms with van der Waals surface area (Å²) in [6, 6.07) is 6.12. The number of benzene rings is 1. The van der Waals surface area contributed by atoms with Crippen LogP contribution in [0.1, 0.15) is 38.5 Å². The van der Waals surface area contributed by atoms with Crippen LogP contribution in [0.5, 0.6) is 5.75 Å². The quantitative estimate of drug-likeness (QED) is 0.829. The zero-order chi connectivity index (χ0) is 13.9. The van der Waals surface area contributed by atoms with Crippen molar-refractivity contribution >= 4 is 23.3 Å². The maximum absolute atomic E-state index is 5.47. The summed E-state index contributed by atoms with van der Waals surface area (Å²) in [5.41, 5.74) is 2.25. The van der Waals surface area contributed by atoms with Crippen LogP contribution in [-0.2, 0) is 6.54 Å². The minimum Gasteiger partial charge on any atom is -0.497 e. The lowest BCUT2D eigenvalue weighted by atomic mass is 9.87. The Labute approximate surface area is 125 Å². The van der Waals surface area contributed by atoms with E-state index in [1.165, 1.54) is 44.0 Å². The van der Waals surface area contributed by atoms with Gasteiger partial charge in [0.05, 0.1) is 18.1 Å². The van der Waals surface area contributed by atoms with Crippen molar-refractivity contribution < 1.29 is 4.74 Å². The van der Waals surface area contributed by atoms with Crippen LogP contribution in [0.25, 0.3) is 11.0 Å². The average Bonchev–Trinajstić information content (AvgIpc) is 2.80. The molecule has 1 aromatic heterocycles. The van der Waals surface area contributed by atoms with E-state index < -0.39 is 0 Å². The van der Waals surface area contributed by atoms with E-state index in [1.54, 1.807) is 7.11 Å². The number of fused-ring (bicyclic) bond motifs is 1. The SMILES string of the molecule is COc1ccc2c(c1)[nH]c(=S)n2CCC1CCCCC1. The van der Waals surface area contributed by atoms with Crippen molar-refractivity contribution in [3.8, 4) is 5.75 Å². The topological polar surface area (TPSA) is 29.9 Å². The fraction of sp³-hybridized carbons (Fsp3) is 0.562. The Balaban J connectivity index is 1.80. The Morgan fingerprint density at radius 2 is 2.10 bits per heavy atom. The molecule has 1 aliphatic carbocycles. The highest BCUT2D eigenvalue weighted by Crippen LogP contribution is 2.28. The maximum atomic E-state index is 5.47. The van der Waals surface area contributed by atoms with E-state index in [4.69, 9.17) is 17.0 Å². The fourth-order valence-corrected chi connectivity index (χ4v) is 3.58. The highest BCUT2D eigenvalue weighted by molar-refractivity contribution is 7.71. The molecule has 2 aromatic rings. The first-order chi connectivity index (χ1) is 9.78. The molecule has 0 bridgehead atoms. The van der Waals surface area contributed by atoms with Gasteiger partial charge in [-0.3, -0.25) is 0 Å². The molecule has 0 unspecified atom stereocenters. The van der Waals surface area contributed by atoms with Crippen LogP contribution in [0.3, 0.4) is 0 Å². The second-order valence-electron chi connectivity index (χ2n) is 5.76. The van der Waals surface area contributed by atoms with Gasteiger partial charge >= 0.3 is 0 Å². The van der Waals surface area contributed by atoms with Crippen LogP contribution in [0.4, 0.5) is 0 Å². The van der Waals surface area contributed by atoms with Crippen LogP contribution in [0, 0.1) is 10.7 Å². The number of imidazole rings is 1. The summed E-state index contributed by atoms with van der Waals surface area (Å²) in [6.45, 7) is 1.02. The first-order valence-corrected chi connectivity index (χ1v) is 7.95. The highest BCUT2D eigenvalue weighted by Gasteiger charge is 2.14. The molecule has 1 fully saturated rings. The smallest absolute Gasteiger partial charge is 0.178 e. The number of hydrogen-bond donors (Lipinski definition) is 1. The zero-order valence-corrected chi connectivity index (χ0v) is 12.8. The van der Waals surface area contributed by atoms with Gasteiger partial charge in [-0.05, 0) is 36.7 Å². The predicted molar refractivity (Wildman–Crippen MR) is 84.9 cm³/mol. The van der Waals surface area contributed by atoms with Crippen LogP contribution in [0.2, 0.25) is 0 Å². The molecule has 1 N–H and O–H groups in total. The van der Waals surface area contributed by atoms with E-state index >= 15 is 0 Å². The second kappa shape index (κ2) is 6.00. The summed E-state index contributed by atoms with van der Waals surface area (Å²) in [6.07, 6.45) is 8.26. The van der Waals surface area contributed by atoms with E-state index in [1.807, 2.05) is 12.1 Å². The number of hydrogen-bond acceptors (Lipinski definition) is 2. The number of H-pyrrole nitrogens is 1. The molecule has 0 saturated heterocycles. The molecule has 1 saturated carbocycles. The Morgan fingerprint density at radius 1 is 1.30 bits per heavy atom. The lowest BCUT2D eigenvalue weighted by Crippen LogP contribution is -2.10. The van der Waals surface area contributed by atoms with Gasteiger partial charge in [-0.25, -0.2) is 0 Å². The molecule has 0 amide bonds. The van der Waals surface area contributed by atoms with Crippen LogP contribution >= 0.6 is 12.2 Å². The van der Waals surface area contributed by atoms with Crippen molar-refractivity contribution in [2.45, 2.75) is 45.1 Å². The Kier molecular flexibility index (Phi) is 4.10. The normalized spacial score (nSPS) is 16.6. The lowest BCUT2D eigenvalue weighted by Gasteiger charge is -2.21. The number of aromatic amines is 1. The van der Waals surface area contributed by atoms with Crippen molar-refractivity contribution in [3.63, 3.8) is 0 Å². The average molecular weight is 290 g/mol. The summed E-state index contributed by atoms with van der Waals surface area (Å²) in [5, 5.41) is 0. The maximum Gasteiger partial charge on any atom is 0.178 e. The monoisotopic (exact) mass is 290 g/mol. The van der Waals surface area contributed by atoms with E-state index in [0.29, 0.717) is 0 Å². The summed E-state index contributed by atoms with van der Waals surface area (Å²) >= 11 is 5.47. The molecule has 3 rings (SSSR count). The number of rotatable bonds is 4. The number of ether oxygens (including phenoxy) is 1. The van der Waals surface area contributed by atoms with Gasteiger partial charge in [0.25, 0.3) is 0 Å². The van der Waals surface area contributed by atoms with Crippen molar-refractivity contribution in [1.82, 2.24) is 9.55 Å². The predicted octanol–water partition coefficient (Wildman–Crippen LogP) is 4.68. The Hall–Kier alpha value is -1.29. The van der Waals surface area contributed by atoms with E-state index in [2.05, 4.69) is 15.6 Å². The van der Waals surface area contributed by atoms with Gasteiger partial charge in [-0.2, -0.15) is 0 Å². The van der Waals surface area contributed by atoms with E-state index in [0.717, 1.165) is 28.5 Å². The highest BCUT2D eigenvalue weighted by atomic mass is 32.1. The molecular formula is C16H22N2OS. The number of aryl methyl sites for hydroxylation is 1. The molecule has 0 aliphatic heterocycles. The Morgan fingerprint density at radius 3 is 2.85 bits per heavy atom. The molecular weight excluding hydrogens is 268 g/mol. The molecule has 20 heavy (non-hydrogen) atoms. The molecule has 1 aliphatic rings. The molecule has 3 nitrogen and oxygen atoms in total. The summed E-state index contributed by atoms with van der Waals surface area (Å²) in [5.74, 6) is 1.75. The summed E-state index contributed by atoms with van der Waals surface area (Å²) in [7, 11) is 1.69. The van der Waals surface area contributed by atoms with Crippen molar-refractivity contribution in [3.05, 3.63) is 23.0 Å². The van der Waals surface area contributed by atoms with Crippen molar-refractivity contribution in [2.24, 2.45) is 5.92 Å². The van der Waals surface area contributed by atoms with Crippen molar-refractivity contribution in [2.75, 3.05) is 7.11 Å². The van der Waals surface area contributed by atoms with E-state index in [-0.39, 0.29) is 0 Å². The van der Waals surface area contributed by atoms with Crippen LogP contribution in [0.15, 0.2) is 18.2 Å². The van der Waals surface area contributed by atoms with Crippen LogP contribution in [-0.4, -0.2) is 16.7 Å². The zero-order valence-electron chi connectivity index (χ0n) is 12.0. The third-order valence-electron chi connectivity index (χ3n) is 4.47. The van der Waals surface area contributed by atoms with Gasteiger partial charge in [0, 0.05) is 12.6 Å². The third-order valence-corrected chi connectivity index (χ3v) is 4.79. The van der Waals surface area contributed by atoms with Crippen molar-refractivity contribution in [1.29, 1.82) is 0 Å². The van der Waals surface area contributed by atoms with Crippen LogP contribution < -0.4 is 4.74 Å². The van der Waals surface area contributed by atoms with Gasteiger partial charge in [0.15, 0.2) is 4.77 Å². The summed E-state index contributed by atoms with van der Waals surface area (Å²) < 4.78 is 8.32. The first-order valence-electron chi connectivity index (χ1n) is 7.54. The first kappa shape index (κ1) is 13.7.